The summed E-state index contributed by atoms with van der Waals surface area (Å²) in [5.41, 5.74) is -0.379. The minimum atomic E-state index is -1.20. The quantitative estimate of drug-likeness (QED) is 0.852. The number of hydrogen-bond donors (Lipinski definition) is 1. The molecule has 1 aromatic heterocycles. The van der Waals surface area contributed by atoms with Crippen molar-refractivity contribution in [3.05, 3.63) is 51.7 Å². The van der Waals surface area contributed by atoms with Crippen molar-refractivity contribution in [2.75, 3.05) is 12.4 Å². The Morgan fingerprint density at radius 1 is 1.33 bits per heavy atom. The molecule has 21 heavy (non-hydrogen) atoms. The van der Waals surface area contributed by atoms with E-state index in [2.05, 4.69) is 10.1 Å². The van der Waals surface area contributed by atoms with Crippen LogP contribution < -0.4 is 5.32 Å². The molecule has 6 heteroatoms. The lowest BCUT2D eigenvalue weighted by molar-refractivity contribution is 0.0594. The summed E-state index contributed by atoms with van der Waals surface area (Å²) in [6.07, 6.45) is 0.706. The van der Waals surface area contributed by atoms with E-state index in [1.54, 1.807) is 11.3 Å². The fourth-order valence-electron chi connectivity index (χ4n) is 1.98. The molecule has 1 atom stereocenters. The molecular weight excluding hydrogens is 296 g/mol. The average Bonchev–Trinajstić information content (AvgIpc) is 2.96. The van der Waals surface area contributed by atoms with Crippen LogP contribution in [-0.4, -0.2) is 19.1 Å². The molecule has 0 aliphatic rings. The molecule has 3 nitrogen and oxygen atoms in total. The summed E-state index contributed by atoms with van der Waals surface area (Å²) in [5, 5.41) is 4.88. The normalized spacial score (nSPS) is 12.0. The lowest BCUT2D eigenvalue weighted by atomic mass is 10.1. The number of ether oxygens (including phenoxy) is 1. The van der Waals surface area contributed by atoms with Crippen LogP contribution in [0.1, 0.15) is 22.2 Å². The maximum absolute atomic E-state index is 14.0. The van der Waals surface area contributed by atoms with Gasteiger partial charge in [0.25, 0.3) is 0 Å². The van der Waals surface area contributed by atoms with E-state index in [-0.39, 0.29) is 11.7 Å². The Hall–Kier alpha value is -1.95. The van der Waals surface area contributed by atoms with Crippen LogP contribution in [0.3, 0.4) is 0 Å². The number of nitrogens with one attached hydrogen (secondary N) is 1. The number of halogens is 2. The Morgan fingerprint density at radius 3 is 2.71 bits per heavy atom. The van der Waals surface area contributed by atoms with Gasteiger partial charge in [-0.25, -0.2) is 13.6 Å². The molecule has 0 saturated heterocycles. The van der Waals surface area contributed by atoms with Crippen LogP contribution in [0, 0.1) is 11.6 Å². The number of anilines is 1. The van der Waals surface area contributed by atoms with Crippen LogP contribution >= 0.6 is 11.3 Å². The smallest absolute Gasteiger partial charge is 0.340 e. The Balaban J connectivity index is 2.13. The maximum atomic E-state index is 14.0. The van der Waals surface area contributed by atoms with Crippen LogP contribution in [0.4, 0.5) is 14.5 Å². The summed E-state index contributed by atoms with van der Waals surface area (Å²) in [5.74, 6) is -3.17. The van der Waals surface area contributed by atoms with Crippen LogP contribution in [0.2, 0.25) is 0 Å². The van der Waals surface area contributed by atoms with Crippen molar-refractivity contribution in [3.63, 3.8) is 0 Å². The first-order valence-corrected chi connectivity index (χ1v) is 7.26. The molecule has 0 spiro atoms. The molecule has 1 unspecified atom stereocenters. The van der Waals surface area contributed by atoms with Crippen molar-refractivity contribution in [3.8, 4) is 0 Å². The Morgan fingerprint density at radius 2 is 2.10 bits per heavy atom. The SMILES string of the molecule is COC(=O)c1ccc(NC(C)Cc2cccs2)c(F)c1F. The van der Waals surface area contributed by atoms with E-state index in [1.165, 1.54) is 12.1 Å². The number of esters is 1. The molecule has 2 rings (SSSR count). The molecule has 0 aliphatic heterocycles. The van der Waals surface area contributed by atoms with Crippen LogP contribution in [-0.2, 0) is 11.2 Å². The predicted molar refractivity (Wildman–Crippen MR) is 78.8 cm³/mol. The summed E-state index contributed by atoms with van der Waals surface area (Å²) in [4.78, 5) is 12.4. The van der Waals surface area contributed by atoms with Crippen molar-refractivity contribution < 1.29 is 18.3 Å². The lowest BCUT2D eigenvalue weighted by Crippen LogP contribution is -2.19. The summed E-state index contributed by atoms with van der Waals surface area (Å²) in [7, 11) is 1.12. The zero-order valence-corrected chi connectivity index (χ0v) is 12.5. The van der Waals surface area contributed by atoms with Crippen LogP contribution in [0.25, 0.3) is 0 Å². The molecule has 0 saturated carbocycles. The Kier molecular flexibility index (Phi) is 4.90. The van der Waals surface area contributed by atoms with Gasteiger partial charge in [-0.1, -0.05) is 6.07 Å². The van der Waals surface area contributed by atoms with E-state index in [0.717, 1.165) is 12.0 Å². The van der Waals surface area contributed by atoms with E-state index in [4.69, 9.17) is 0 Å². The summed E-state index contributed by atoms with van der Waals surface area (Å²) < 4.78 is 32.2. The highest BCUT2D eigenvalue weighted by molar-refractivity contribution is 7.09. The molecule has 0 fully saturated rings. The fourth-order valence-corrected chi connectivity index (χ4v) is 2.81. The molecule has 1 N–H and O–H groups in total. The second kappa shape index (κ2) is 6.67. The van der Waals surface area contributed by atoms with E-state index >= 15 is 0 Å². The second-order valence-electron chi connectivity index (χ2n) is 4.61. The molecule has 0 amide bonds. The van der Waals surface area contributed by atoms with Gasteiger partial charge in [-0.3, -0.25) is 0 Å². The van der Waals surface area contributed by atoms with Crippen molar-refractivity contribution in [2.24, 2.45) is 0 Å². The standard InChI is InChI=1S/C15H15F2NO2S/c1-9(8-10-4-3-7-21-10)18-12-6-5-11(15(19)20-2)13(16)14(12)17/h3-7,9,18H,8H2,1-2H3. The molecule has 0 radical (unpaired) electrons. The highest BCUT2D eigenvalue weighted by Gasteiger charge is 2.19. The number of benzene rings is 1. The summed E-state index contributed by atoms with van der Waals surface area (Å²) in [6.45, 7) is 1.88. The van der Waals surface area contributed by atoms with Gasteiger partial charge in [-0.05, 0) is 30.5 Å². The molecular formula is C15H15F2NO2S. The minimum absolute atomic E-state index is 0.0317. The molecule has 1 aromatic carbocycles. The average molecular weight is 311 g/mol. The Bertz CT molecular complexity index is 629. The molecule has 0 aliphatic carbocycles. The third kappa shape index (κ3) is 3.58. The molecule has 0 bridgehead atoms. The van der Waals surface area contributed by atoms with Gasteiger partial charge >= 0.3 is 5.97 Å². The number of carbonyl (C=O) groups excluding carboxylic acids is 1. The number of rotatable bonds is 5. The first kappa shape index (κ1) is 15.4. The van der Waals surface area contributed by atoms with E-state index in [9.17, 15) is 13.6 Å². The third-order valence-corrected chi connectivity index (χ3v) is 3.88. The first-order valence-electron chi connectivity index (χ1n) is 6.38. The van der Waals surface area contributed by atoms with Gasteiger partial charge in [0.05, 0.1) is 18.4 Å². The molecule has 112 valence electrons. The zero-order chi connectivity index (χ0) is 15.4. The van der Waals surface area contributed by atoms with Gasteiger partial charge in [0, 0.05) is 17.3 Å². The van der Waals surface area contributed by atoms with Gasteiger partial charge in [0.15, 0.2) is 11.6 Å². The van der Waals surface area contributed by atoms with Crippen molar-refractivity contribution in [1.82, 2.24) is 0 Å². The first-order chi connectivity index (χ1) is 10.0. The van der Waals surface area contributed by atoms with Gasteiger partial charge in [0.2, 0.25) is 0 Å². The van der Waals surface area contributed by atoms with Gasteiger partial charge < -0.3 is 10.1 Å². The molecule has 1 heterocycles. The van der Waals surface area contributed by atoms with Crippen LogP contribution in [0.5, 0.6) is 0 Å². The zero-order valence-electron chi connectivity index (χ0n) is 11.7. The maximum Gasteiger partial charge on any atom is 0.340 e. The number of hydrogen-bond acceptors (Lipinski definition) is 4. The van der Waals surface area contributed by atoms with Crippen molar-refractivity contribution in [1.29, 1.82) is 0 Å². The molecule has 2 aromatic rings. The fraction of sp³-hybridized carbons (Fsp3) is 0.267. The predicted octanol–water partition coefficient (Wildman–Crippen LogP) is 3.86. The second-order valence-corrected chi connectivity index (χ2v) is 5.64. The lowest BCUT2D eigenvalue weighted by Gasteiger charge is -2.16. The highest BCUT2D eigenvalue weighted by Crippen LogP contribution is 2.23. The van der Waals surface area contributed by atoms with Crippen molar-refractivity contribution in [2.45, 2.75) is 19.4 Å². The minimum Gasteiger partial charge on any atom is -0.465 e. The summed E-state index contributed by atoms with van der Waals surface area (Å²) >= 11 is 1.61. The van der Waals surface area contributed by atoms with E-state index in [1.807, 2.05) is 24.4 Å². The van der Waals surface area contributed by atoms with E-state index in [0.29, 0.717) is 6.42 Å². The topological polar surface area (TPSA) is 38.3 Å². The van der Waals surface area contributed by atoms with Gasteiger partial charge in [-0.15, -0.1) is 11.3 Å². The number of thiophene rings is 1. The monoisotopic (exact) mass is 311 g/mol. The number of carbonyl (C=O) groups is 1. The van der Waals surface area contributed by atoms with Crippen molar-refractivity contribution >= 4 is 23.0 Å². The Labute approximate surface area is 125 Å². The van der Waals surface area contributed by atoms with Crippen LogP contribution in [0.15, 0.2) is 29.6 Å². The van der Waals surface area contributed by atoms with Gasteiger partial charge in [-0.2, -0.15) is 0 Å². The highest BCUT2D eigenvalue weighted by atomic mass is 32.1. The third-order valence-electron chi connectivity index (χ3n) is 2.98. The van der Waals surface area contributed by atoms with E-state index < -0.39 is 23.2 Å². The number of methoxy groups -OCH3 is 1. The summed E-state index contributed by atoms with van der Waals surface area (Å²) in [6, 6.07) is 6.42. The van der Waals surface area contributed by atoms with Gasteiger partial charge in [0.1, 0.15) is 0 Å². The largest absolute Gasteiger partial charge is 0.465 e.